The number of benzene rings is 2. The van der Waals surface area contributed by atoms with Gasteiger partial charge in [-0.1, -0.05) is 41.6 Å². The maximum absolute atomic E-state index is 12.6. The van der Waals surface area contributed by atoms with E-state index in [0.29, 0.717) is 22.5 Å². The summed E-state index contributed by atoms with van der Waals surface area (Å²) in [6.45, 7) is 2.29. The molecule has 3 rings (SSSR count). The summed E-state index contributed by atoms with van der Waals surface area (Å²) in [5.74, 6) is -0.461. The lowest BCUT2D eigenvalue weighted by Crippen LogP contribution is -2.15. The van der Waals surface area contributed by atoms with Gasteiger partial charge >= 0.3 is 0 Å². The van der Waals surface area contributed by atoms with Crippen LogP contribution in [-0.4, -0.2) is 39.9 Å². The van der Waals surface area contributed by atoms with Crippen molar-refractivity contribution in [1.29, 1.82) is 0 Å². The smallest absolute Gasteiger partial charge is 0.234 e. The highest BCUT2D eigenvalue weighted by atomic mass is 35.5. The molecule has 1 aromatic heterocycles. The summed E-state index contributed by atoms with van der Waals surface area (Å²) in [6, 6.07) is 12.5. The van der Waals surface area contributed by atoms with Crippen molar-refractivity contribution in [3.05, 3.63) is 59.4 Å². The van der Waals surface area contributed by atoms with Gasteiger partial charge in [-0.25, -0.2) is 8.42 Å². The van der Waals surface area contributed by atoms with Crippen molar-refractivity contribution < 1.29 is 18.3 Å². The first-order valence-electron chi connectivity index (χ1n) is 8.91. The standard InChI is InChI=1S/C19H19ClN4O4S2/c1-2-24-17(12-30(27,28)14-6-4-3-5-7-14)22-23-19(24)29-11-18(26)21-15-10-13(20)8-9-16(15)25/h3-10,25H,2,11-12H2,1H3,(H,21,26). The Hall–Kier alpha value is -2.56. The summed E-state index contributed by atoms with van der Waals surface area (Å²) in [4.78, 5) is 12.4. The third kappa shape index (κ3) is 5.32. The fourth-order valence-corrected chi connectivity index (χ4v) is 4.94. The van der Waals surface area contributed by atoms with E-state index in [1.165, 1.54) is 30.3 Å². The summed E-state index contributed by atoms with van der Waals surface area (Å²) >= 11 is 6.99. The number of hydrogen-bond donors (Lipinski definition) is 2. The lowest BCUT2D eigenvalue weighted by Gasteiger charge is -2.09. The van der Waals surface area contributed by atoms with Gasteiger partial charge in [0.1, 0.15) is 17.3 Å². The van der Waals surface area contributed by atoms with Gasteiger partial charge in [0.15, 0.2) is 15.0 Å². The number of hydrogen-bond acceptors (Lipinski definition) is 7. The lowest BCUT2D eigenvalue weighted by atomic mass is 10.3. The molecule has 158 valence electrons. The average molecular weight is 467 g/mol. The van der Waals surface area contributed by atoms with Gasteiger partial charge in [0, 0.05) is 11.6 Å². The molecule has 0 saturated carbocycles. The summed E-state index contributed by atoms with van der Waals surface area (Å²) in [5.41, 5.74) is 0.208. The van der Waals surface area contributed by atoms with Crippen molar-refractivity contribution in [2.45, 2.75) is 29.3 Å². The zero-order chi connectivity index (χ0) is 21.7. The number of amides is 1. The second-order valence-corrected chi connectivity index (χ2v) is 9.58. The number of nitrogens with zero attached hydrogens (tertiary/aromatic N) is 3. The Kier molecular flexibility index (Phi) is 7.01. The Balaban J connectivity index is 1.68. The quantitative estimate of drug-likeness (QED) is 0.386. The zero-order valence-corrected chi connectivity index (χ0v) is 18.3. The molecular formula is C19H19ClN4O4S2. The molecule has 0 aliphatic carbocycles. The number of aromatic hydroxyl groups is 1. The summed E-state index contributed by atoms with van der Waals surface area (Å²) in [5, 5.41) is 21.2. The van der Waals surface area contributed by atoms with Crippen LogP contribution in [0.25, 0.3) is 0 Å². The molecular weight excluding hydrogens is 448 g/mol. The van der Waals surface area contributed by atoms with E-state index in [0.717, 1.165) is 11.8 Å². The number of halogens is 1. The summed E-state index contributed by atoms with van der Waals surface area (Å²) in [6.07, 6.45) is 0. The first-order valence-corrected chi connectivity index (χ1v) is 11.9. The highest BCUT2D eigenvalue weighted by Crippen LogP contribution is 2.27. The van der Waals surface area contributed by atoms with Crippen molar-refractivity contribution in [2.24, 2.45) is 0 Å². The second-order valence-electron chi connectivity index (χ2n) is 6.21. The van der Waals surface area contributed by atoms with Gasteiger partial charge in [0.25, 0.3) is 0 Å². The largest absolute Gasteiger partial charge is 0.506 e. The SMILES string of the molecule is CCn1c(CS(=O)(=O)c2ccccc2)nnc1SCC(=O)Nc1cc(Cl)ccc1O. The highest BCUT2D eigenvalue weighted by Gasteiger charge is 2.21. The van der Waals surface area contributed by atoms with Crippen LogP contribution in [0.5, 0.6) is 5.75 Å². The van der Waals surface area contributed by atoms with Crippen LogP contribution in [0.15, 0.2) is 58.6 Å². The fourth-order valence-electron chi connectivity index (χ4n) is 2.66. The molecule has 3 aromatic rings. The summed E-state index contributed by atoms with van der Waals surface area (Å²) < 4.78 is 26.9. The zero-order valence-electron chi connectivity index (χ0n) is 15.9. The van der Waals surface area contributed by atoms with Gasteiger partial charge in [-0.3, -0.25) is 4.79 Å². The number of sulfone groups is 1. The Bertz CT molecular complexity index is 1150. The van der Waals surface area contributed by atoms with Crippen LogP contribution in [0.4, 0.5) is 5.69 Å². The maximum atomic E-state index is 12.6. The van der Waals surface area contributed by atoms with E-state index in [4.69, 9.17) is 11.6 Å². The van der Waals surface area contributed by atoms with Crippen LogP contribution < -0.4 is 5.32 Å². The Morgan fingerprint density at radius 2 is 1.93 bits per heavy atom. The molecule has 0 fully saturated rings. The van der Waals surface area contributed by atoms with E-state index >= 15 is 0 Å². The molecule has 8 nitrogen and oxygen atoms in total. The van der Waals surface area contributed by atoms with Gasteiger partial charge in [0.05, 0.1) is 16.3 Å². The van der Waals surface area contributed by atoms with E-state index < -0.39 is 9.84 Å². The highest BCUT2D eigenvalue weighted by molar-refractivity contribution is 7.99. The van der Waals surface area contributed by atoms with E-state index in [1.54, 1.807) is 22.8 Å². The lowest BCUT2D eigenvalue weighted by molar-refractivity contribution is -0.113. The third-order valence-electron chi connectivity index (χ3n) is 4.10. The molecule has 0 saturated heterocycles. The Labute approximate surface area is 183 Å². The number of thioether (sulfide) groups is 1. The molecule has 2 N–H and O–H groups in total. The van der Waals surface area contributed by atoms with Crippen molar-refractivity contribution in [2.75, 3.05) is 11.1 Å². The number of rotatable bonds is 8. The minimum atomic E-state index is -3.57. The number of phenols is 1. The fraction of sp³-hybridized carbons (Fsp3) is 0.211. The second kappa shape index (κ2) is 9.50. The molecule has 0 radical (unpaired) electrons. The minimum Gasteiger partial charge on any atom is -0.506 e. The third-order valence-corrected chi connectivity index (χ3v) is 6.93. The van der Waals surface area contributed by atoms with Gasteiger partial charge in [-0.15, -0.1) is 10.2 Å². The molecule has 0 unspecified atom stereocenters. The van der Waals surface area contributed by atoms with Crippen molar-refractivity contribution in [3.8, 4) is 5.75 Å². The van der Waals surface area contributed by atoms with Gasteiger partial charge in [-0.2, -0.15) is 0 Å². The molecule has 0 atom stereocenters. The molecule has 2 aromatic carbocycles. The number of phenolic OH excluding ortho intramolecular Hbond substituents is 1. The molecule has 1 heterocycles. The van der Waals surface area contributed by atoms with E-state index in [2.05, 4.69) is 15.5 Å². The van der Waals surface area contributed by atoms with E-state index in [9.17, 15) is 18.3 Å². The number of carbonyl (C=O) groups excluding carboxylic acids is 1. The monoisotopic (exact) mass is 466 g/mol. The first-order chi connectivity index (χ1) is 14.3. The van der Waals surface area contributed by atoms with Gasteiger partial charge in [-0.05, 0) is 37.3 Å². The number of nitrogens with one attached hydrogen (secondary N) is 1. The van der Waals surface area contributed by atoms with Crippen LogP contribution >= 0.6 is 23.4 Å². The van der Waals surface area contributed by atoms with E-state index in [-0.39, 0.29) is 33.7 Å². The first kappa shape index (κ1) is 22.1. The predicted molar refractivity (Wildman–Crippen MR) is 115 cm³/mol. The molecule has 0 bridgehead atoms. The maximum Gasteiger partial charge on any atom is 0.234 e. The Morgan fingerprint density at radius 1 is 1.20 bits per heavy atom. The van der Waals surface area contributed by atoms with Crippen molar-refractivity contribution in [3.63, 3.8) is 0 Å². The van der Waals surface area contributed by atoms with Crippen LogP contribution in [0.3, 0.4) is 0 Å². The molecule has 11 heteroatoms. The average Bonchev–Trinajstić information content (AvgIpc) is 3.10. The molecule has 0 spiro atoms. The van der Waals surface area contributed by atoms with Crippen LogP contribution in [-0.2, 0) is 26.9 Å². The minimum absolute atomic E-state index is 0.00444. The van der Waals surface area contributed by atoms with E-state index in [1.807, 2.05) is 6.92 Å². The number of aromatic nitrogens is 3. The van der Waals surface area contributed by atoms with Crippen molar-refractivity contribution >= 4 is 44.8 Å². The number of anilines is 1. The topological polar surface area (TPSA) is 114 Å². The molecule has 0 aliphatic heterocycles. The van der Waals surface area contributed by atoms with Crippen LogP contribution in [0, 0.1) is 0 Å². The van der Waals surface area contributed by atoms with Crippen molar-refractivity contribution in [1.82, 2.24) is 14.8 Å². The Morgan fingerprint density at radius 3 is 2.63 bits per heavy atom. The molecule has 30 heavy (non-hydrogen) atoms. The van der Waals surface area contributed by atoms with Crippen LogP contribution in [0.2, 0.25) is 5.02 Å². The van der Waals surface area contributed by atoms with Crippen LogP contribution in [0.1, 0.15) is 12.7 Å². The predicted octanol–water partition coefficient (Wildman–Crippen LogP) is 3.36. The molecule has 0 aliphatic rings. The number of carbonyl (C=O) groups is 1. The molecule has 1 amide bonds. The normalized spacial score (nSPS) is 11.4. The van der Waals surface area contributed by atoms with Gasteiger partial charge in [0.2, 0.25) is 5.91 Å². The van der Waals surface area contributed by atoms with Gasteiger partial charge < -0.3 is 15.0 Å². The summed E-state index contributed by atoms with van der Waals surface area (Å²) in [7, 11) is -3.57.